The van der Waals surface area contributed by atoms with E-state index in [4.69, 9.17) is 27.9 Å². The molecule has 5 nitrogen and oxygen atoms in total. The van der Waals surface area contributed by atoms with Crippen LogP contribution in [0.15, 0.2) is 12.1 Å². The Bertz CT molecular complexity index is 464. The van der Waals surface area contributed by atoms with Crippen LogP contribution in [0.4, 0.5) is 5.69 Å². The molecule has 7 heteroatoms. The number of aromatic hydroxyl groups is 1. The lowest BCUT2D eigenvalue weighted by atomic mass is 10.2. The van der Waals surface area contributed by atoms with Gasteiger partial charge >= 0.3 is 0 Å². The SMILES string of the molecule is O=C1COCC(=O)N1c1cc(Cl)c(O)c(Cl)c1. The summed E-state index contributed by atoms with van der Waals surface area (Å²) in [6.45, 7) is -0.357. The van der Waals surface area contributed by atoms with Gasteiger partial charge in [0.2, 0.25) is 0 Å². The molecule has 1 N–H and O–H groups in total. The van der Waals surface area contributed by atoms with E-state index in [9.17, 15) is 14.7 Å². The molecule has 1 aromatic carbocycles. The highest BCUT2D eigenvalue weighted by Crippen LogP contribution is 2.36. The van der Waals surface area contributed by atoms with Gasteiger partial charge in [0, 0.05) is 0 Å². The van der Waals surface area contributed by atoms with E-state index < -0.39 is 11.8 Å². The topological polar surface area (TPSA) is 66.8 Å². The van der Waals surface area contributed by atoms with Crippen LogP contribution < -0.4 is 4.90 Å². The van der Waals surface area contributed by atoms with Crippen molar-refractivity contribution in [2.75, 3.05) is 18.1 Å². The number of benzene rings is 1. The number of halogens is 2. The number of phenols is 1. The highest BCUT2D eigenvalue weighted by Gasteiger charge is 2.29. The number of anilines is 1. The first-order valence-electron chi connectivity index (χ1n) is 4.62. The standard InChI is InChI=1S/C10H7Cl2NO4/c11-6-1-5(2-7(12)10(6)16)13-8(14)3-17-4-9(13)15/h1-2,16H,3-4H2. The maximum Gasteiger partial charge on any atom is 0.259 e. The van der Waals surface area contributed by atoms with Crippen LogP contribution >= 0.6 is 23.2 Å². The summed E-state index contributed by atoms with van der Waals surface area (Å²) in [5.74, 6) is -1.29. The second-order valence-corrected chi connectivity index (χ2v) is 4.19. The van der Waals surface area contributed by atoms with Crippen molar-refractivity contribution in [2.24, 2.45) is 0 Å². The van der Waals surface area contributed by atoms with Gasteiger partial charge in [-0.1, -0.05) is 23.2 Å². The van der Waals surface area contributed by atoms with Gasteiger partial charge in [-0.25, -0.2) is 4.90 Å². The Labute approximate surface area is 106 Å². The van der Waals surface area contributed by atoms with Gasteiger partial charge in [-0.3, -0.25) is 9.59 Å². The van der Waals surface area contributed by atoms with E-state index >= 15 is 0 Å². The molecule has 1 fully saturated rings. The van der Waals surface area contributed by atoms with Gasteiger partial charge in [0.25, 0.3) is 11.8 Å². The summed E-state index contributed by atoms with van der Waals surface area (Å²) in [5.41, 5.74) is 0.219. The quantitative estimate of drug-likeness (QED) is 0.791. The van der Waals surface area contributed by atoms with Gasteiger partial charge < -0.3 is 9.84 Å². The number of imide groups is 1. The molecule has 1 aliphatic rings. The van der Waals surface area contributed by atoms with E-state index in [0.717, 1.165) is 4.90 Å². The van der Waals surface area contributed by atoms with Crippen LogP contribution in [-0.4, -0.2) is 30.1 Å². The average molecular weight is 276 g/mol. The molecular formula is C10H7Cl2NO4. The molecule has 90 valence electrons. The smallest absolute Gasteiger partial charge is 0.259 e. The molecule has 0 aromatic heterocycles. The minimum atomic E-state index is -0.501. The zero-order chi connectivity index (χ0) is 12.6. The number of carbonyl (C=O) groups is 2. The van der Waals surface area contributed by atoms with Crippen molar-refractivity contribution in [3.63, 3.8) is 0 Å². The van der Waals surface area contributed by atoms with Gasteiger partial charge in [-0.2, -0.15) is 0 Å². The van der Waals surface area contributed by atoms with Crippen LogP contribution in [0.25, 0.3) is 0 Å². The normalized spacial score (nSPS) is 16.5. The minimum Gasteiger partial charge on any atom is -0.505 e. The van der Waals surface area contributed by atoms with Crippen molar-refractivity contribution in [2.45, 2.75) is 0 Å². The van der Waals surface area contributed by atoms with Crippen molar-refractivity contribution < 1.29 is 19.4 Å². The second-order valence-electron chi connectivity index (χ2n) is 3.37. The second kappa shape index (κ2) is 4.52. The number of hydrogen-bond acceptors (Lipinski definition) is 4. The Morgan fingerprint density at radius 2 is 1.59 bits per heavy atom. The number of phenolic OH excluding ortho intramolecular Hbond substituents is 1. The molecule has 1 saturated heterocycles. The van der Waals surface area contributed by atoms with Crippen LogP contribution in [0.3, 0.4) is 0 Å². The first-order valence-corrected chi connectivity index (χ1v) is 5.38. The van der Waals surface area contributed by atoms with E-state index in [1.807, 2.05) is 0 Å². The number of ether oxygens (including phenoxy) is 1. The van der Waals surface area contributed by atoms with Crippen molar-refractivity contribution in [3.8, 4) is 5.75 Å². The fourth-order valence-corrected chi connectivity index (χ4v) is 1.94. The molecule has 1 aromatic rings. The predicted molar refractivity (Wildman–Crippen MR) is 61.4 cm³/mol. The molecule has 1 heterocycles. The van der Waals surface area contributed by atoms with Crippen LogP contribution in [-0.2, 0) is 14.3 Å². The number of nitrogens with zero attached hydrogens (tertiary/aromatic N) is 1. The van der Waals surface area contributed by atoms with E-state index in [1.54, 1.807) is 0 Å². The highest BCUT2D eigenvalue weighted by atomic mass is 35.5. The first kappa shape index (κ1) is 12.2. The van der Waals surface area contributed by atoms with Crippen molar-refractivity contribution >= 4 is 40.7 Å². The van der Waals surface area contributed by atoms with Crippen molar-refractivity contribution in [1.29, 1.82) is 0 Å². The van der Waals surface area contributed by atoms with E-state index in [-0.39, 0.29) is 34.7 Å². The summed E-state index contributed by atoms with van der Waals surface area (Å²) in [4.78, 5) is 24.0. The van der Waals surface area contributed by atoms with Crippen LogP contribution in [0, 0.1) is 0 Å². The largest absolute Gasteiger partial charge is 0.505 e. The molecule has 0 radical (unpaired) electrons. The number of rotatable bonds is 1. The summed E-state index contributed by atoms with van der Waals surface area (Å²) >= 11 is 11.4. The Morgan fingerprint density at radius 3 is 2.06 bits per heavy atom. The summed E-state index contributed by atoms with van der Waals surface area (Å²) in [6, 6.07) is 2.59. The zero-order valence-corrected chi connectivity index (χ0v) is 9.96. The van der Waals surface area contributed by atoms with Crippen LogP contribution in [0.5, 0.6) is 5.75 Å². The number of carbonyl (C=O) groups excluding carboxylic acids is 2. The van der Waals surface area contributed by atoms with Gasteiger partial charge in [0.15, 0.2) is 5.75 Å². The zero-order valence-electron chi connectivity index (χ0n) is 8.44. The molecule has 17 heavy (non-hydrogen) atoms. The lowest BCUT2D eigenvalue weighted by Gasteiger charge is -2.25. The summed E-state index contributed by atoms with van der Waals surface area (Å²) in [5, 5.41) is 9.33. The summed E-state index contributed by atoms with van der Waals surface area (Å²) in [7, 11) is 0. The van der Waals surface area contributed by atoms with Gasteiger partial charge in [0.05, 0.1) is 15.7 Å². The van der Waals surface area contributed by atoms with Crippen LogP contribution in [0.2, 0.25) is 10.0 Å². The Kier molecular flexibility index (Phi) is 3.24. The first-order chi connectivity index (χ1) is 8.00. The Balaban J connectivity index is 2.45. The molecule has 0 atom stereocenters. The minimum absolute atomic E-state index is 0.0282. The third-order valence-electron chi connectivity index (χ3n) is 2.21. The Morgan fingerprint density at radius 1 is 1.12 bits per heavy atom. The fourth-order valence-electron chi connectivity index (χ4n) is 1.46. The number of hydrogen-bond donors (Lipinski definition) is 1. The number of amides is 2. The lowest BCUT2D eigenvalue weighted by molar-refractivity contribution is -0.138. The average Bonchev–Trinajstić information content (AvgIpc) is 2.25. The van der Waals surface area contributed by atoms with Gasteiger partial charge in [-0.05, 0) is 12.1 Å². The fraction of sp³-hybridized carbons (Fsp3) is 0.200. The molecule has 2 amide bonds. The molecular weight excluding hydrogens is 269 g/mol. The van der Waals surface area contributed by atoms with E-state index in [1.165, 1.54) is 12.1 Å². The number of morpholine rings is 1. The highest BCUT2D eigenvalue weighted by molar-refractivity contribution is 6.38. The predicted octanol–water partition coefficient (Wildman–Crippen LogP) is 1.59. The molecule has 1 aliphatic heterocycles. The third kappa shape index (κ3) is 2.22. The van der Waals surface area contributed by atoms with Crippen LogP contribution in [0.1, 0.15) is 0 Å². The van der Waals surface area contributed by atoms with Crippen molar-refractivity contribution in [3.05, 3.63) is 22.2 Å². The van der Waals surface area contributed by atoms with E-state index in [0.29, 0.717) is 0 Å². The summed E-state index contributed by atoms with van der Waals surface area (Å²) < 4.78 is 4.77. The van der Waals surface area contributed by atoms with E-state index in [2.05, 4.69) is 0 Å². The molecule has 0 unspecified atom stereocenters. The molecule has 0 aliphatic carbocycles. The molecule has 0 spiro atoms. The van der Waals surface area contributed by atoms with Gasteiger partial charge in [0.1, 0.15) is 13.2 Å². The molecule has 0 saturated carbocycles. The van der Waals surface area contributed by atoms with Gasteiger partial charge in [-0.15, -0.1) is 0 Å². The lowest BCUT2D eigenvalue weighted by Crippen LogP contribution is -2.46. The molecule has 2 rings (SSSR count). The Hall–Kier alpha value is -1.30. The molecule has 0 bridgehead atoms. The maximum atomic E-state index is 11.5. The monoisotopic (exact) mass is 275 g/mol. The summed E-state index contributed by atoms with van der Waals surface area (Å²) in [6.07, 6.45) is 0. The van der Waals surface area contributed by atoms with Crippen molar-refractivity contribution in [1.82, 2.24) is 0 Å². The third-order valence-corrected chi connectivity index (χ3v) is 2.79. The maximum absolute atomic E-state index is 11.5.